The van der Waals surface area contributed by atoms with Crippen molar-refractivity contribution in [2.75, 3.05) is 20.3 Å². The lowest BCUT2D eigenvalue weighted by molar-refractivity contribution is 0.157. The zero-order chi connectivity index (χ0) is 10.4. The number of furan rings is 1. The summed E-state index contributed by atoms with van der Waals surface area (Å²) in [4.78, 5) is 0. The molecule has 80 valence electrons. The molecule has 0 aliphatic carbocycles. The third-order valence-electron chi connectivity index (χ3n) is 2.08. The molecule has 3 nitrogen and oxygen atoms in total. The van der Waals surface area contributed by atoms with E-state index in [1.165, 1.54) is 0 Å². The van der Waals surface area contributed by atoms with E-state index in [0.717, 1.165) is 24.5 Å². The number of rotatable bonds is 6. The first-order chi connectivity index (χ1) is 6.77. The summed E-state index contributed by atoms with van der Waals surface area (Å²) < 4.78 is 10.7. The Morgan fingerprint density at radius 3 is 2.79 bits per heavy atom. The van der Waals surface area contributed by atoms with Gasteiger partial charge in [0.15, 0.2) is 0 Å². The molecule has 0 radical (unpaired) electrons. The van der Waals surface area contributed by atoms with Crippen LogP contribution in [0.25, 0.3) is 0 Å². The Morgan fingerprint density at radius 2 is 2.29 bits per heavy atom. The summed E-state index contributed by atoms with van der Waals surface area (Å²) in [5, 5.41) is 3.38. The van der Waals surface area contributed by atoms with Crippen LogP contribution in [0, 0.1) is 6.92 Å². The molecule has 1 atom stereocenters. The highest BCUT2D eigenvalue weighted by atomic mass is 16.5. The Labute approximate surface area is 85.4 Å². The molecule has 0 fully saturated rings. The van der Waals surface area contributed by atoms with Crippen LogP contribution in [-0.2, 0) is 4.74 Å². The largest absolute Gasteiger partial charge is 0.465 e. The van der Waals surface area contributed by atoms with Gasteiger partial charge in [-0.3, -0.25) is 0 Å². The van der Waals surface area contributed by atoms with E-state index in [-0.39, 0.29) is 6.04 Å². The maximum Gasteiger partial charge on any atom is 0.123 e. The van der Waals surface area contributed by atoms with Crippen molar-refractivity contribution in [3.8, 4) is 0 Å². The van der Waals surface area contributed by atoms with Gasteiger partial charge < -0.3 is 14.5 Å². The van der Waals surface area contributed by atoms with Crippen LogP contribution >= 0.6 is 0 Å². The molecule has 1 unspecified atom stereocenters. The average Bonchev–Trinajstić information content (AvgIpc) is 2.59. The first-order valence-electron chi connectivity index (χ1n) is 5.06. The zero-order valence-corrected chi connectivity index (χ0v) is 9.17. The minimum absolute atomic E-state index is 0.175. The number of hydrogen-bond acceptors (Lipinski definition) is 3. The van der Waals surface area contributed by atoms with Gasteiger partial charge >= 0.3 is 0 Å². The van der Waals surface area contributed by atoms with Gasteiger partial charge in [0.25, 0.3) is 0 Å². The summed E-state index contributed by atoms with van der Waals surface area (Å²) in [6.45, 7) is 5.72. The van der Waals surface area contributed by atoms with Crippen molar-refractivity contribution in [3.63, 3.8) is 0 Å². The topological polar surface area (TPSA) is 34.4 Å². The molecule has 0 saturated carbocycles. The van der Waals surface area contributed by atoms with Crippen molar-refractivity contribution in [2.24, 2.45) is 0 Å². The number of ether oxygens (including phenoxy) is 1. The standard InChI is InChI=1S/C11H19NO2/c1-4-7-12-10(8-13-3)11-6-5-9(2)14-11/h5-6,10,12H,4,7-8H2,1-3H3. The van der Waals surface area contributed by atoms with E-state index >= 15 is 0 Å². The van der Waals surface area contributed by atoms with E-state index in [1.54, 1.807) is 7.11 Å². The van der Waals surface area contributed by atoms with E-state index in [4.69, 9.17) is 9.15 Å². The smallest absolute Gasteiger partial charge is 0.123 e. The van der Waals surface area contributed by atoms with Crippen molar-refractivity contribution >= 4 is 0 Å². The van der Waals surface area contributed by atoms with Crippen LogP contribution in [-0.4, -0.2) is 20.3 Å². The van der Waals surface area contributed by atoms with Gasteiger partial charge in [0, 0.05) is 7.11 Å². The summed E-state index contributed by atoms with van der Waals surface area (Å²) in [5.74, 6) is 1.90. The molecule has 0 amide bonds. The summed E-state index contributed by atoms with van der Waals surface area (Å²) in [6.07, 6.45) is 1.11. The highest BCUT2D eigenvalue weighted by Crippen LogP contribution is 2.16. The predicted molar refractivity (Wildman–Crippen MR) is 56.4 cm³/mol. The fourth-order valence-corrected chi connectivity index (χ4v) is 1.37. The normalized spacial score (nSPS) is 13.1. The molecule has 1 aromatic rings. The lowest BCUT2D eigenvalue weighted by Crippen LogP contribution is -2.25. The number of aryl methyl sites for hydroxylation is 1. The van der Waals surface area contributed by atoms with Crippen LogP contribution < -0.4 is 5.32 Å². The molecular formula is C11H19NO2. The highest BCUT2D eigenvalue weighted by molar-refractivity contribution is 5.09. The van der Waals surface area contributed by atoms with Crippen molar-refractivity contribution in [2.45, 2.75) is 26.3 Å². The van der Waals surface area contributed by atoms with Crippen LogP contribution in [0.4, 0.5) is 0 Å². The molecule has 1 rings (SSSR count). The first-order valence-corrected chi connectivity index (χ1v) is 5.06. The molecule has 0 bridgehead atoms. The average molecular weight is 197 g/mol. The van der Waals surface area contributed by atoms with E-state index in [1.807, 2.05) is 19.1 Å². The maximum atomic E-state index is 5.55. The third kappa shape index (κ3) is 3.16. The molecule has 0 spiro atoms. The number of methoxy groups -OCH3 is 1. The predicted octanol–water partition coefficient (Wildman–Crippen LogP) is 2.28. The molecule has 1 aromatic heterocycles. The van der Waals surface area contributed by atoms with Crippen LogP contribution in [0.1, 0.15) is 30.9 Å². The minimum atomic E-state index is 0.175. The lowest BCUT2D eigenvalue weighted by atomic mass is 10.2. The molecule has 0 aromatic carbocycles. The zero-order valence-electron chi connectivity index (χ0n) is 9.17. The van der Waals surface area contributed by atoms with Gasteiger partial charge in [-0.05, 0) is 32.0 Å². The molecule has 0 aliphatic rings. The summed E-state index contributed by atoms with van der Waals surface area (Å²) >= 11 is 0. The SMILES string of the molecule is CCCNC(COC)c1ccc(C)o1. The fourth-order valence-electron chi connectivity index (χ4n) is 1.37. The summed E-state index contributed by atoms with van der Waals surface area (Å²) in [7, 11) is 1.70. The van der Waals surface area contributed by atoms with E-state index in [2.05, 4.69) is 12.2 Å². The van der Waals surface area contributed by atoms with Gasteiger partial charge in [0.1, 0.15) is 11.5 Å². The van der Waals surface area contributed by atoms with Crippen molar-refractivity contribution in [1.29, 1.82) is 0 Å². The maximum absolute atomic E-state index is 5.55. The van der Waals surface area contributed by atoms with Crippen LogP contribution in [0.3, 0.4) is 0 Å². The molecule has 0 saturated heterocycles. The van der Waals surface area contributed by atoms with Crippen molar-refractivity contribution < 1.29 is 9.15 Å². The van der Waals surface area contributed by atoms with Gasteiger partial charge in [-0.1, -0.05) is 6.92 Å². The molecule has 3 heteroatoms. The quantitative estimate of drug-likeness (QED) is 0.759. The van der Waals surface area contributed by atoms with E-state index in [9.17, 15) is 0 Å². The Bertz CT molecular complexity index is 258. The van der Waals surface area contributed by atoms with Crippen LogP contribution in [0.5, 0.6) is 0 Å². The van der Waals surface area contributed by atoms with Gasteiger partial charge in [-0.2, -0.15) is 0 Å². The van der Waals surface area contributed by atoms with Crippen LogP contribution in [0.2, 0.25) is 0 Å². The van der Waals surface area contributed by atoms with E-state index < -0.39 is 0 Å². The molecule has 1 N–H and O–H groups in total. The second-order valence-corrected chi connectivity index (χ2v) is 3.41. The molecule has 14 heavy (non-hydrogen) atoms. The summed E-state index contributed by atoms with van der Waals surface area (Å²) in [6, 6.07) is 4.15. The second-order valence-electron chi connectivity index (χ2n) is 3.41. The monoisotopic (exact) mass is 197 g/mol. The summed E-state index contributed by atoms with van der Waals surface area (Å²) in [5.41, 5.74) is 0. The van der Waals surface area contributed by atoms with Gasteiger partial charge in [0.2, 0.25) is 0 Å². The molecule has 0 aliphatic heterocycles. The first kappa shape index (κ1) is 11.3. The Hall–Kier alpha value is -0.800. The number of hydrogen-bond donors (Lipinski definition) is 1. The Kier molecular flexibility index (Phi) is 4.70. The highest BCUT2D eigenvalue weighted by Gasteiger charge is 2.13. The third-order valence-corrected chi connectivity index (χ3v) is 2.08. The van der Waals surface area contributed by atoms with Crippen LogP contribution in [0.15, 0.2) is 16.5 Å². The van der Waals surface area contributed by atoms with Gasteiger partial charge in [-0.15, -0.1) is 0 Å². The lowest BCUT2D eigenvalue weighted by Gasteiger charge is -2.14. The van der Waals surface area contributed by atoms with Gasteiger partial charge in [0.05, 0.1) is 12.6 Å². The molecule has 1 heterocycles. The van der Waals surface area contributed by atoms with Crippen molar-refractivity contribution in [1.82, 2.24) is 5.32 Å². The number of nitrogens with one attached hydrogen (secondary N) is 1. The Balaban J connectivity index is 2.57. The second kappa shape index (κ2) is 5.83. The minimum Gasteiger partial charge on any atom is -0.465 e. The Morgan fingerprint density at radius 1 is 1.50 bits per heavy atom. The fraction of sp³-hybridized carbons (Fsp3) is 0.636. The molecular weight excluding hydrogens is 178 g/mol. The van der Waals surface area contributed by atoms with E-state index in [0.29, 0.717) is 6.61 Å². The van der Waals surface area contributed by atoms with Gasteiger partial charge in [-0.25, -0.2) is 0 Å². The van der Waals surface area contributed by atoms with Crippen molar-refractivity contribution in [3.05, 3.63) is 23.7 Å².